The molecule has 2 rings (SSSR count). The molecule has 0 aromatic heterocycles. The minimum atomic E-state index is -1.02. The van der Waals surface area contributed by atoms with E-state index in [1.165, 1.54) is 12.8 Å². The summed E-state index contributed by atoms with van der Waals surface area (Å²) >= 11 is 0. The number of rotatable bonds is 3. The fourth-order valence-electron chi connectivity index (χ4n) is 5.43. The lowest BCUT2D eigenvalue weighted by Crippen LogP contribution is -2.63. The third kappa shape index (κ3) is 2.80. The Labute approximate surface area is 136 Å². The van der Waals surface area contributed by atoms with Gasteiger partial charge in [0, 0.05) is 0 Å². The van der Waals surface area contributed by atoms with Gasteiger partial charge in [0.2, 0.25) is 0 Å². The maximum Gasteiger partial charge on any atom is 0.0913 e. The van der Waals surface area contributed by atoms with Crippen LogP contribution in [0.5, 0.6) is 0 Å². The maximum atomic E-state index is 11.1. The van der Waals surface area contributed by atoms with Gasteiger partial charge in [0.1, 0.15) is 0 Å². The fourth-order valence-corrected chi connectivity index (χ4v) is 5.43. The third-order valence-electron chi connectivity index (χ3n) is 6.91. The van der Waals surface area contributed by atoms with Crippen molar-refractivity contribution in [1.82, 2.24) is 0 Å². The van der Waals surface area contributed by atoms with Crippen LogP contribution in [-0.4, -0.2) is 21.9 Å². The first-order valence-corrected chi connectivity index (χ1v) is 8.75. The lowest BCUT2D eigenvalue weighted by Gasteiger charge is -2.62. The van der Waals surface area contributed by atoms with Gasteiger partial charge in [0.15, 0.2) is 0 Å². The maximum absolute atomic E-state index is 11.1. The number of aliphatic hydroxyl groups is 2. The Kier molecular flexibility index (Phi) is 4.68. The molecule has 0 bridgehead atoms. The Balaban J connectivity index is 2.42. The van der Waals surface area contributed by atoms with E-state index in [0.29, 0.717) is 5.92 Å². The van der Waals surface area contributed by atoms with Crippen LogP contribution in [0.25, 0.3) is 0 Å². The van der Waals surface area contributed by atoms with Gasteiger partial charge in [0.25, 0.3) is 0 Å². The van der Waals surface area contributed by atoms with Gasteiger partial charge in [-0.3, -0.25) is 0 Å². The summed E-state index contributed by atoms with van der Waals surface area (Å²) in [4.78, 5) is 0. The molecule has 2 aliphatic rings. The highest BCUT2D eigenvalue weighted by Crippen LogP contribution is 2.62. The van der Waals surface area contributed by atoms with Crippen molar-refractivity contribution in [2.45, 2.75) is 78.4 Å². The topological polar surface area (TPSA) is 40.5 Å². The summed E-state index contributed by atoms with van der Waals surface area (Å²) < 4.78 is 0. The summed E-state index contributed by atoms with van der Waals surface area (Å²) in [7, 11) is 0. The van der Waals surface area contributed by atoms with Crippen molar-refractivity contribution in [2.24, 2.45) is 22.7 Å². The first-order valence-electron chi connectivity index (χ1n) is 8.75. The van der Waals surface area contributed by atoms with E-state index in [9.17, 15) is 10.2 Å². The zero-order chi connectivity index (χ0) is 16.8. The lowest BCUT2D eigenvalue weighted by atomic mass is 9.44. The molecule has 0 heterocycles. The molecule has 0 spiro atoms. The number of allylic oxidation sites excluding steroid dienone is 3. The van der Waals surface area contributed by atoms with E-state index in [4.69, 9.17) is 0 Å². The Morgan fingerprint density at radius 1 is 1.23 bits per heavy atom. The van der Waals surface area contributed by atoms with Crippen molar-refractivity contribution in [1.29, 1.82) is 0 Å². The molecule has 0 saturated heterocycles. The second-order valence-corrected chi connectivity index (χ2v) is 8.82. The molecule has 5 unspecified atom stereocenters. The summed E-state index contributed by atoms with van der Waals surface area (Å²) in [5.74, 6) is 0.551. The summed E-state index contributed by atoms with van der Waals surface area (Å²) in [6.07, 6.45) is 8.51. The zero-order valence-electron chi connectivity index (χ0n) is 15.0. The predicted molar refractivity (Wildman–Crippen MR) is 92.5 cm³/mol. The second kappa shape index (κ2) is 5.79. The number of hydrogen-bond donors (Lipinski definition) is 2. The minimum absolute atomic E-state index is 0.0857. The molecule has 126 valence electrons. The van der Waals surface area contributed by atoms with Crippen molar-refractivity contribution in [2.75, 3.05) is 0 Å². The monoisotopic (exact) mass is 306 g/mol. The molecular weight excluding hydrogens is 272 g/mol. The van der Waals surface area contributed by atoms with E-state index >= 15 is 0 Å². The fraction of sp³-hybridized carbons (Fsp3) is 0.800. The lowest BCUT2D eigenvalue weighted by molar-refractivity contribution is -0.217. The molecule has 0 amide bonds. The molecule has 22 heavy (non-hydrogen) atoms. The van der Waals surface area contributed by atoms with Crippen LogP contribution in [0.1, 0.15) is 66.7 Å². The van der Waals surface area contributed by atoms with Gasteiger partial charge in [-0.2, -0.15) is 0 Å². The van der Waals surface area contributed by atoms with Gasteiger partial charge in [-0.05, 0) is 62.2 Å². The molecule has 2 nitrogen and oxygen atoms in total. The van der Waals surface area contributed by atoms with Crippen molar-refractivity contribution in [3.05, 3.63) is 24.3 Å². The van der Waals surface area contributed by atoms with Crippen molar-refractivity contribution >= 4 is 0 Å². The Bertz CT molecular complexity index is 460. The first kappa shape index (κ1) is 17.7. The van der Waals surface area contributed by atoms with Crippen LogP contribution in [0.3, 0.4) is 0 Å². The quantitative estimate of drug-likeness (QED) is 0.755. The highest BCUT2D eigenvalue weighted by Gasteiger charge is 2.60. The molecule has 0 aromatic rings. The molecule has 5 atom stereocenters. The third-order valence-corrected chi connectivity index (χ3v) is 6.91. The summed E-state index contributed by atoms with van der Waals surface area (Å²) in [5, 5.41) is 21.7. The van der Waals surface area contributed by atoms with Crippen LogP contribution < -0.4 is 0 Å². The van der Waals surface area contributed by atoms with Crippen LogP contribution in [-0.2, 0) is 0 Å². The van der Waals surface area contributed by atoms with Crippen molar-refractivity contribution < 1.29 is 10.2 Å². The van der Waals surface area contributed by atoms with Crippen molar-refractivity contribution in [3.63, 3.8) is 0 Å². The summed E-state index contributed by atoms with van der Waals surface area (Å²) in [6, 6.07) is 0. The predicted octanol–water partition coefficient (Wildman–Crippen LogP) is 4.47. The number of fused-ring (bicyclic) bond motifs is 1. The second-order valence-electron chi connectivity index (χ2n) is 8.82. The molecule has 0 aliphatic heterocycles. The zero-order valence-corrected chi connectivity index (χ0v) is 15.0. The molecule has 0 radical (unpaired) electrons. The van der Waals surface area contributed by atoms with Gasteiger partial charge in [-0.25, -0.2) is 0 Å². The van der Waals surface area contributed by atoms with Crippen LogP contribution in [0.15, 0.2) is 24.3 Å². The Morgan fingerprint density at radius 2 is 1.86 bits per heavy atom. The van der Waals surface area contributed by atoms with Gasteiger partial charge in [-0.1, -0.05) is 51.5 Å². The molecule has 2 heteroatoms. The van der Waals surface area contributed by atoms with Gasteiger partial charge in [-0.15, -0.1) is 0 Å². The largest absolute Gasteiger partial charge is 0.390 e. The molecule has 2 N–H and O–H groups in total. The molecule has 0 aromatic carbocycles. The Morgan fingerprint density at radius 3 is 2.45 bits per heavy atom. The van der Waals surface area contributed by atoms with Crippen LogP contribution >= 0.6 is 0 Å². The summed E-state index contributed by atoms with van der Waals surface area (Å²) in [5.41, 5.74) is 0.449. The van der Waals surface area contributed by atoms with Gasteiger partial charge >= 0.3 is 0 Å². The van der Waals surface area contributed by atoms with Crippen molar-refractivity contribution in [3.8, 4) is 0 Å². The average molecular weight is 306 g/mol. The number of hydrogen-bond acceptors (Lipinski definition) is 2. The standard InChI is InChI=1S/C20H34O2/c1-7-14(2)9-10-15-19(5)12-8-11-18(3,4)16(19)13-17(21)20(15,6)22/h7,9,15-17,21-22H,1,8,10-13H2,2-6H3. The molecular formula is C20H34O2. The van der Waals surface area contributed by atoms with E-state index in [1.807, 2.05) is 19.9 Å². The van der Waals surface area contributed by atoms with E-state index in [0.717, 1.165) is 24.8 Å². The van der Waals surface area contributed by atoms with E-state index in [1.54, 1.807) is 0 Å². The molecule has 2 saturated carbocycles. The van der Waals surface area contributed by atoms with Crippen LogP contribution in [0, 0.1) is 22.7 Å². The minimum Gasteiger partial charge on any atom is -0.390 e. The SMILES string of the molecule is C=CC(C)=CCC1C(C)(O)C(O)CC2C(C)(C)CCCC21C. The van der Waals surface area contributed by atoms with Crippen LogP contribution in [0.4, 0.5) is 0 Å². The highest BCUT2D eigenvalue weighted by atomic mass is 16.3. The van der Waals surface area contributed by atoms with E-state index < -0.39 is 11.7 Å². The van der Waals surface area contributed by atoms with E-state index in [-0.39, 0.29) is 16.7 Å². The summed E-state index contributed by atoms with van der Waals surface area (Å²) in [6.45, 7) is 14.7. The normalized spacial score (nSPS) is 45.2. The smallest absolute Gasteiger partial charge is 0.0913 e. The van der Waals surface area contributed by atoms with Crippen LogP contribution in [0.2, 0.25) is 0 Å². The highest BCUT2D eigenvalue weighted by molar-refractivity contribution is 5.17. The first-order chi connectivity index (χ1) is 10.1. The van der Waals surface area contributed by atoms with Gasteiger partial charge < -0.3 is 10.2 Å². The molecule has 2 fully saturated rings. The molecule has 2 aliphatic carbocycles. The average Bonchev–Trinajstić information content (AvgIpc) is 2.40. The Hall–Kier alpha value is -0.600. The number of aliphatic hydroxyl groups excluding tert-OH is 1. The van der Waals surface area contributed by atoms with Gasteiger partial charge in [0.05, 0.1) is 11.7 Å². The van der Waals surface area contributed by atoms with E-state index in [2.05, 4.69) is 33.4 Å².